The van der Waals surface area contributed by atoms with Gasteiger partial charge >= 0.3 is 6.03 Å². The summed E-state index contributed by atoms with van der Waals surface area (Å²) in [5.74, 6) is 0.137. The van der Waals surface area contributed by atoms with E-state index in [-0.39, 0.29) is 17.9 Å². The van der Waals surface area contributed by atoms with Gasteiger partial charge in [-0.3, -0.25) is 4.79 Å². The van der Waals surface area contributed by atoms with E-state index in [0.29, 0.717) is 36.6 Å². The fourth-order valence-electron chi connectivity index (χ4n) is 3.78. The van der Waals surface area contributed by atoms with Gasteiger partial charge < -0.3 is 20.4 Å². The molecule has 0 unspecified atom stereocenters. The molecular weight excluding hydrogens is 364 g/mol. The van der Waals surface area contributed by atoms with Crippen molar-refractivity contribution in [2.24, 2.45) is 5.92 Å². The molecule has 6 nitrogen and oxygen atoms in total. The van der Waals surface area contributed by atoms with Crippen molar-refractivity contribution in [2.75, 3.05) is 44.6 Å². The van der Waals surface area contributed by atoms with E-state index in [4.69, 9.17) is 11.6 Å². The van der Waals surface area contributed by atoms with Crippen LogP contribution in [0.3, 0.4) is 0 Å². The van der Waals surface area contributed by atoms with Crippen LogP contribution in [0.25, 0.3) is 0 Å². The minimum absolute atomic E-state index is 0.00649. The molecule has 0 aliphatic carbocycles. The van der Waals surface area contributed by atoms with Crippen LogP contribution in [0, 0.1) is 5.92 Å². The number of carbonyl (C=O) groups is 2. The first-order valence-electron chi connectivity index (χ1n) is 9.93. The Hall–Kier alpha value is -1.79. The van der Waals surface area contributed by atoms with Gasteiger partial charge in [0.05, 0.1) is 0 Å². The Morgan fingerprint density at radius 1 is 1.11 bits per heavy atom. The van der Waals surface area contributed by atoms with Crippen LogP contribution in [-0.2, 0) is 4.79 Å². The van der Waals surface area contributed by atoms with E-state index < -0.39 is 0 Å². The SMILES string of the molecule is O=C(NCCCN1CCCC1)C1CCN(C(=O)Nc2cccc(Cl)c2)CC1. The molecule has 2 aliphatic heterocycles. The molecule has 0 bridgehead atoms. The molecule has 0 radical (unpaired) electrons. The molecule has 0 saturated carbocycles. The summed E-state index contributed by atoms with van der Waals surface area (Å²) in [6.07, 6.45) is 5.03. The maximum absolute atomic E-state index is 12.4. The molecule has 0 atom stereocenters. The van der Waals surface area contributed by atoms with Gasteiger partial charge in [-0.25, -0.2) is 4.79 Å². The molecule has 7 heteroatoms. The van der Waals surface area contributed by atoms with Gasteiger partial charge in [0.15, 0.2) is 0 Å². The number of benzene rings is 1. The number of urea groups is 1. The Balaban J connectivity index is 1.33. The van der Waals surface area contributed by atoms with Crippen molar-refractivity contribution in [1.29, 1.82) is 0 Å². The van der Waals surface area contributed by atoms with E-state index in [1.807, 2.05) is 6.07 Å². The molecule has 2 saturated heterocycles. The smallest absolute Gasteiger partial charge is 0.321 e. The molecular formula is C20H29ClN4O2. The summed E-state index contributed by atoms with van der Waals surface area (Å²) in [4.78, 5) is 28.9. The largest absolute Gasteiger partial charge is 0.356 e. The fourth-order valence-corrected chi connectivity index (χ4v) is 3.97. The number of amides is 3. The summed E-state index contributed by atoms with van der Waals surface area (Å²) in [6.45, 7) is 5.40. The minimum Gasteiger partial charge on any atom is -0.356 e. The van der Waals surface area contributed by atoms with Crippen LogP contribution in [0.4, 0.5) is 10.5 Å². The number of nitrogens with one attached hydrogen (secondary N) is 2. The Bertz CT molecular complexity index is 641. The molecule has 2 fully saturated rings. The highest BCUT2D eigenvalue weighted by Crippen LogP contribution is 2.20. The predicted octanol–water partition coefficient (Wildman–Crippen LogP) is 3.19. The van der Waals surface area contributed by atoms with Crippen molar-refractivity contribution >= 4 is 29.2 Å². The van der Waals surface area contributed by atoms with Crippen molar-refractivity contribution in [3.63, 3.8) is 0 Å². The lowest BCUT2D eigenvalue weighted by molar-refractivity contribution is -0.126. The number of nitrogens with zero attached hydrogens (tertiary/aromatic N) is 2. The molecule has 1 aromatic rings. The van der Waals surface area contributed by atoms with Gasteiger partial charge in [0.25, 0.3) is 0 Å². The lowest BCUT2D eigenvalue weighted by atomic mass is 9.96. The molecule has 2 aliphatic rings. The zero-order valence-electron chi connectivity index (χ0n) is 15.8. The second-order valence-corrected chi connectivity index (χ2v) is 7.83. The Morgan fingerprint density at radius 2 is 1.85 bits per heavy atom. The molecule has 0 spiro atoms. The third kappa shape index (κ3) is 6.11. The quantitative estimate of drug-likeness (QED) is 0.731. The molecule has 0 aromatic heterocycles. The predicted molar refractivity (Wildman–Crippen MR) is 108 cm³/mol. The van der Waals surface area contributed by atoms with Gasteiger partial charge in [0.1, 0.15) is 0 Å². The highest BCUT2D eigenvalue weighted by Gasteiger charge is 2.27. The summed E-state index contributed by atoms with van der Waals surface area (Å²) in [7, 11) is 0. The molecule has 27 heavy (non-hydrogen) atoms. The van der Waals surface area contributed by atoms with Crippen LogP contribution in [-0.4, -0.2) is 61.0 Å². The van der Waals surface area contributed by atoms with E-state index in [0.717, 1.165) is 19.5 Å². The number of anilines is 1. The summed E-state index contributed by atoms with van der Waals surface area (Å²) < 4.78 is 0. The van der Waals surface area contributed by atoms with Crippen LogP contribution < -0.4 is 10.6 Å². The van der Waals surface area contributed by atoms with Gasteiger partial charge in [-0.1, -0.05) is 17.7 Å². The number of hydrogen-bond donors (Lipinski definition) is 2. The van der Waals surface area contributed by atoms with Gasteiger partial charge in [0, 0.05) is 36.3 Å². The number of rotatable bonds is 6. The number of piperidine rings is 1. The fraction of sp³-hybridized carbons (Fsp3) is 0.600. The van der Waals surface area contributed by atoms with Crippen molar-refractivity contribution in [3.05, 3.63) is 29.3 Å². The van der Waals surface area contributed by atoms with Crippen LogP contribution in [0.5, 0.6) is 0 Å². The molecule has 3 amide bonds. The maximum Gasteiger partial charge on any atom is 0.321 e. The highest BCUT2D eigenvalue weighted by atomic mass is 35.5. The first-order valence-corrected chi connectivity index (χ1v) is 10.3. The van der Waals surface area contributed by atoms with Gasteiger partial charge in [-0.2, -0.15) is 0 Å². The van der Waals surface area contributed by atoms with Crippen molar-refractivity contribution < 1.29 is 9.59 Å². The van der Waals surface area contributed by atoms with Gasteiger partial charge in [0.2, 0.25) is 5.91 Å². The standard InChI is InChI=1S/C20H29ClN4O2/c21-17-5-3-6-18(15-17)23-20(27)25-13-7-16(8-14-25)19(26)22-9-4-12-24-10-1-2-11-24/h3,5-6,15-16H,1-2,4,7-14H2,(H,22,26)(H,23,27). The third-order valence-corrected chi connectivity index (χ3v) is 5.61. The normalized spacial score (nSPS) is 18.5. The number of carbonyl (C=O) groups excluding carboxylic acids is 2. The van der Waals surface area contributed by atoms with Gasteiger partial charge in [-0.15, -0.1) is 0 Å². The molecule has 2 heterocycles. The third-order valence-electron chi connectivity index (χ3n) is 5.38. The lowest BCUT2D eigenvalue weighted by Gasteiger charge is -2.31. The number of halogens is 1. The average molecular weight is 393 g/mol. The molecule has 2 N–H and O–H groups in total. The van der Waals surface area contributed by atoms with Crippen molar-refractivity contribution in [3.8, 4) is 0 Å². The van der Waals surface area contributed by atoms with Crippen LogP contribution in [0.1, 0.15) is 32.1 Å². The second kappa shape index (κ2) is 9.95. The summed E-state index contributed by atoms with van der Waals surface area (Å²) in [5.41, 5.74) is 0.686. The number of hydrogen-bond acceptors (Lipinski definition) is 3. The van der Waals surface area contributed by atoms with E-state index in [1.54, 1.807) is 23.1 Å². The van der Waals surface area contributed by atoms with E-state index in [9.17, 15) is 9.59 Å². The zero-order valence-corrected chi connectivity index (χ0v) is 16.5. The molecule has 148 valence electrons. The molecule has 3 rings (SSSR count). The van der Waals surface area contributed by atoms with E-state index >= 15 is 0 Å². The molecule has 1 aromatic carbocycles. The first kappa shape index (κ1) is 20.0. The first-order chi connectivity index (χ1) is 13.1. The Morgan fingerprint density at radius 3 is 2.56 bits per heavy atom. The van der Waals surface area contributed by atoms with Gasteiger partial charge in [-0.05, 0) is 69.9 Å². The summed E-state index contributed by atoms with van der Waals surface area (Å²) >= 11 is 5.94. The monoisotopic (exact) mass is 392 g/mol. The lowest BCUT2D eigenvalue weighted by Crippen LogP contribution is -2.44. The van der Waals surface area contributed by atoms with Crippen molar-refractivity contribution in [2.45, 2.75) is 32.1 Å². The minimum atomic E-state index is -0.137. The Labute approximate surface area is 166 Å². The summed E-state index contributed by atoms with van der Waals surface area (Å²) in [6, 6.07) is 6.97. The van der Waals surface area contributed by atoms with Crippen LogP contribution in [0.2, 0.25) is 5.02 Å². The van der Waals surface area contributed by atoms with E-state index in [2.05, 4.69) is 15.5 Å². The topological polar surface area (TPSA) is 64.7 Å². The Kier molecular flexibility index (Phi) is 7.35. The van der Waals surface area contributed by atoms with Crippen LogP contribution >= 0.6 is 11.6 Å². The van der Waals surface area contributed by atoms with Crippen LogP contribution in [0.15, 0.2) is 24.3 Å². The highest BCUT2D eigenvalue weighted by molar-refractivity contribution is 6.30. The second-order valence-electron chi connectivity index (χ2n) is 7.40. The number of likely N-dealkylation sites (tertiary alicyclic amines) is 2. The maximum atomic E-state index is 12.4. The average Bonchev–Trinajstić information content (AvgIpc) is 3.19. The summed E-state index contributed by atoms with van der Waals surface area (Å²) in [5, 5.41) is 6.52. The van der Waals surface area contributed by atoms with Crippen molar-refractivity contribution in [1.82, 2.24) is 15.1 Å². The van der Waals surface area contributed by atoms with E-state index in [1.165, 1.54) is 25.9 Å². The zero-order chi connectivity index (χ0) is 19.1.